The van der Waals surface area contributed by atoms with Crippen molar-refractivity contribution in [2.24, 2.45) is 5.73 Å². The molecule has 1 fully saturated rings. The number of halogens is 4. The normalized spacial score (nSPS) is 19.7. The molecule has 2 rings (SSSR count). The van der Waals surface area contributed by atoms with Gasteiger partial charge in [0.1, 0.15) is 5.75 Å². The van der Waals surface area contributed by atoms with Crippen LogP contribution in [0.3, 0.4) is 0 Å². The third-order valence-corrected chi connectivity index (χ3v) is 3.81. The Morgan fingerprint density at radius 3 is 2.15 bits per heavy atom. The van der Waals surface area contributed by atoms with Crippen LogP contribution in [0.1, 0.15) is 25.7 Å². The molecule has 0 unspecified atom stereocenters. The Kier molecular flexibility index (Phi) is 8.67. The van der Waals surface area contributed by atoms with Gasteiger partial charge >= 0.3 is 12.1 Å². The third-order valence-electron chi connectivity index (χ3n) is 3.56. The van der Waals surface area contributed by atoms with Crippen LogP contribution >= 0.6 is 11.6 Å². The number of aliphatic carboxylic acids is 1. The van der Waals surface area contributed by atoms with Gasteiger partial charge in [-0.2, -0.15) is 13.2 Å². The van der Waals surface area contributed by atoms with E-state index in [1.807, 2.05) is 0 Å². The van der Waals surface area contributed by atoms with E-state index in [0.29, 0.717) is 16.8 Å². The number of carbonyl (C=O) groups excluding carboxylic acids is 1. The summed E-state index contributed by atoms with van der Waals surface area (Å²) in [6.07, 6.45) is -1.23. The molecule has 1 saturated carbocycles. The summed E-state index contributed by atoms with van der Waals surface area (Å²) in [4.78, 5) is 20.6. The van der Waals surface area contributed by atoms with Gasteiger partial charge in [0.15, 0.2) is 6.61 Å². The Hall–Kier alpha value is -2.00. The molecule has 0 saturated heterocycles. The lowest BCUT2D eigenvalue weighted by atomic mass is 9.92. The van der Waals surface area contributed by atoms with Crippen LogP contribution in [-0.2, 0) is 9.59 Å². The highest BCUT2D eigenvalue weighted by molar-refractivity contribution is 6.30. The number of benzene rings is 1. The predicted molar refractivity (Wildman–Crippen MR) is 89.0 cm³/mol. The van der Waals surface area contributed by atoms with Crippen molar-refractivity contribution in [3.05, 3.63) is 29.3 Å². The Labute approximate surface area is 153 Å². The molecule has 1 aromatic rings. The third kappa shape index (κ3) is 8.91. The number of hydrogen-bond donors (Lipinski definition) is 3. The number of alkyl halides is 3. The Morgan fingerprint density at radius 1 is 1.19 bits per heavy atom. The Bertz CT molecular complexity index is 588. The van der Waals surface area contributed by atoms with Gasteiger partial charge in [0.05, 0.1) is 0 Å². The molecule has 1 aliphatic rings. The second kappa shape index (κ2) is 10.2. The second-order valence-electron chi connectivity index (χ2n) is 5.72. The maximum absolute atomic E-state index is 11.7. The van der Waals surface area contributed by atoms with Gasteiger partial charge in [0, 0.05) is 17.1 Å². The average Bonchev–Trinajstić information content (AvgIpc) is 2.56. The van der Waals surface area contributed by atoms with E-state index >= 15 is 0 Å². The van der Waals surface area contributed by atoms with Crippen LogP contribution < -0.4 is 15.8 Å². The summed E-state index contributed by atoms with van der Waals surface area (Å²) in [5.41, 5.74) is 5.83. The number of amides is 1. The minimum Gasteiger partial charge on any atom is -0.484 e. The van der Waals surface area contributed by atoms with Crippen LogP contribution in [0, 0.1) is 0 Å². The smallest absolute Gasteiger partial charge is 0.484 e. The number of hydrogen-bond acceptors (Lipinski definition) is 4. The number of nitrogens with one attached hydrogen (secondary N) is 1. The van der Waals surface area contributed by atoms with Gasteiger partial charge < -0.3 is 20.9 Å². The highest BCUT2D eigenvalue weighted by Crippen LogP contribution is 2.17. The molecular formula is C16H20ClF3N2O4. The lowest BCUT2D eigenvalue weighted by Crippen LogP contribution is -2.42. The van der Waals surface area contributed by atoms with E-state index in [2.05, 4.69) is 5.32 Å². The lowest BCUT2D eigenvalue weighted by Gasteiger charge is -2.26. The SMILES string of the molecule is N[C@H]1CC[C@H](NC(=O)COc2ccc(Cl)cc2)CC1.O=C(O)C(F)(F)F. The van der Waals surface area contributed by atoms with E-state index in [0.717, 1.165) is 25.7 Å². The molecule has 0 aromatic heterocycles. The molecule has 4 N–H and O–H groups in total. The van der Waals surface area contributed by atoms with E-state index in [9.17, 15) is 18.0 Å². The van der Waals surface area contributed by atoms with Crippen molar-refractivity contribution in [3.63, 3.8) is 0 Å². The van der Waals surface area contributed by atoms with Crippen LogP contribution in [-0.4, -0.2) is 41.8 Å². The van der Waals surface area contributed by atoms with Crippen molar-refractivity contribution in [1.29, 1.82) is 0 Å². The zero-order valence-corrected chi connectivity index (χ0v) is 14.5. The molecule has 0 bridgehead atoms. The van der Waals surface area contributed by atoms with Gasteiger partial charge in [0.2, 0.25) is 0 Å². The van der Waals surface area contributed by atoms with Gasteiger partial charge in [0.25, 0.3) is 5.91 Å². The highest BCUT2D eigenvalue weighted by Gasteiger charge is 2.38. The van der Waals surface area contributed by atoms with Crippen LogP contribution in [0.25, 0.3) is 0 Å². The number of carboxylic acids is 1. The summed E-state index contributed by atoms with van der Waals surface area (Å²) in [6.45, 7) is 0.0319. The molecule has 26 heavy (non-hydrogen) atoms. The van der Waals surface area contributed by atoms with Gasteiger partial charge in [-0.15, -0.1) is 0 Å². The van der Waals surface area contributed by atoms with E-state index in [4.69, 9.17) is 32.0 Å². The molecule has 0 aliphatic heterocycles. The molecule has 10 heteroatoms. The number of nitrogens with two attached hydrogens (primary N) is 1. The van der Waals surface area contributed by atoms with Crippen molar-refractivity contribution in [2.45, 2.75) is 43.9 Å². The summed E-state index contributed by atoms with van der Waals surface area (Å²) < 4.78 is 37.1. The standard InChI is InChI=1S/C14H19ClN2O2.C2HF3O2/c15-10-1-7-13(8-2-10)19-9-14(18)17-12-5-3-11(16)4-6-12;3-2(4,5)1(6)7/h1-2,7-8,11-12H,3-6,9,16H2,(H,17,18);(H,6,7)/t11-,12-;. The quantitative estimate of drug-likeness (QED) is 0.726. The zero-order valence-electron chi connectivity index (χ0n) is 13.8. The fourth-order valence-corrected chi connectivity index (χ4v) is 2.34. The number of carboxylic acid groups (broad SMARTS) is 1. The first-order chi connectivity index (χ1) is 12.1. The van der Waals surface area contributed by atoms with E-state index < -0.39 is 12.1 Å². The second-order valence-corrected chi connectivity index (χ2v) is 6.16. The predicted octanol–water partition coefficient (Wildman–Crippen LogP) is 2.74. The Balaban J connectivity index is 0.000000412. The summed E-state index contributed by atoms with van der Waals surface area (Å²) >= 11 is 5.77. The maximum atomic E-state index is 11.7. The molecule has 1 amide bonds. The molecule has 1 aliphatic carbocycles. The van der Waals surface area contributed by atoms with Crippen molar-refractivity contribution >= 4 is 23.5 Å². The average molecular weight is 397 g/mol. The molecule has 0 heterocycles. The van der Waals surface area contributed by atoms with E-state index in [1.54, 1.807) is 24.3 Å². The molecular weight excluding hydrogens is 377 g/mol. The first-order valence-electron chi connectivity index (χ1n) is 7.81. The molecule has 0 spiro atoms. The van der Waals surface area contributed by atoms with Crippen LogP contribution in [0.5, 0.6) is 5.75 Å². The lowest BCUT2D eigenvalue weighted by molar-refractivity contribution is -0.192. The van der Waals surface area contributed by atoms with E-state index in [-0.39, 0.29) is 18.6 Å². The largest absolute Gasteiger partial charge is 0.490 e. The number of ether oxygens (including phenoxy) is 1. The molecule has 0 radical (unpaired) electrons. The first kappa shape index (κ1) is 22.0. The molecule has 146 valence electrons. The minimum atomic E-state index is -5.08. The molecule has 6 nitrogen and oxygen atoms in total. The summed E-state index contributed by atoms with van der Waals surface area (Å²) in [5.74, 6) is -2.20. The summed E-state index contributed by atoms with van der Waals surface area (Å²) in [6, 6.07) is 7.48. The molecule has 0 atom stereocenters. The van der Waals surface area contributed by atoms with Crippen molar-refractivity contribution in [3.8, 4) is 5.75 Å². The van der Waals surface area contributed by atoms with Crippen LogP contribution in [0.2, 0.25) is 5.02 Å². The van der Waals surface area contributed by atoms with Gasteiger partial charge in [-0.25, -0.2) is 4.79 Å². The number of rotatable bonds is 4. The van der Waals surface area contributed by atoms with E-state index in [1.165, 1.54) is 0 Å². The van der Waals surface area contributed by atoms with Gasteiger partial charge in [-0.1, -0.05) is 11.6 Å². The number of carbonyl (C=O) groups is 2. The molecule has 1 aromatic carbocycles. The fraction of sp³-hybridized carbons (Fsp3) is 0.500. The zero-order chi connectivity index (χ0) is 19.7. The topological polar surface area (TPSA) is 102 Å². The van der Waals surface area contributed by atoms with Crippen LogP contribution in [0.4, 0.5) is 13.2 Å². The Morgan fingerprint density at radius 2 is 1.69 bits per heavy atom. The maximum Gasteiger partial charge on any atom is 0.490 e. The van der Waals surface area contributed by atoms with Crippen molar-refractivity contribution < 1.29 is 32.6 Å². The van der Waals surface area contributed by atoms with Crippen LogP contribution in [0.15, 0.2) is 24.3 Å². The van der Waals surface area contributed by atoms with Crippen molar-refractivity contribution in [2.75, 3.05) is 6.61 Å². The summed E-state index contributed by atoms with van der Waals surface area (Å²) in [5, 5.41) is 10.7. The summed E-state index contributed by atoms with van der Waals surface area (Å²) in [7, 11) is 0. The fourth-order valence-electron chi connectivity index (χ4n) is 2.21. The van der Waals surface area contributed by atoms with Gasteiger partial charge in [-0.3, -0.25) is 4.79 Å². The first-order valence-corrected chi connectivity index (χ1v) is 8.19. The highest BCUT2D eigenvalue weighted by atomic mass is 35.5. The van der Waals surface area contributed by atoms with Gasteiger partial charge in [-0.05, 0) is 49.9 Å². The minimum absolute atomic E-state index is 0.0319. The van der Waals surface area contributed by atoms with Crippen molar-refractivity contribution in [1.82, 2.24) is 5.32 Å². The monoisotopic (exact) mass is 396 g/mol.